The van der Waals surface area contributed by atoms with Gasteiger partial charge in [0.2, 0.25) is 0 Å². The summed E-state index contributed by atoms with van der Waals surface area (Å²) in [6.45, 7) is 3.07. The average Bonchev–Trinajstić information content (AvgIpc) is 2.91. The minimum Gasteiger partial charge on any atom is -0.497 e. The molecule has 2 aromatic carbocycles. The number of methoxy groups -OCH3 is 2. The second-order valence-electron chi connectivity index (χ2n) is 5.81. The van der Waals surface area contributed by atoms with Crippen molar-refractivity contribution in [3.63, 3.8) is 0 Å². The Bertz CT molecular complexity index is 834. The third kappa shape index (κ3) is 2.85. The Morgan fingerprint density at radius 3 is 2.25 bits per heavy atom. The molecule has 0 saturated carbocycles. The first-order valence-electron chi connectivity index (χ1n) is 8.11. The lowest BCUT2D eigenvalue weighted by atomic mass is 10.1. The number of hydrogen-bond donors (Lipinski definition) is 1. The molecular formula is C20H23NO3. The fourth-order valence-electron chi connectivity index (χ4n) is 3.21. The molecule has 0 bridgehead atoms. The van der Waals surface area contributed by atoms with Gasteiger partial charge in [-0.25, -0.2) is 0 Å². The summed E-state index contributed by atoms with van der Waals surface area (Å²) in [6.07, 6.45) is 0.712. The second-order valence-corrected chi connectivity index (χ2v) is 5.81. The highest BCUT2D eigenvalue weighted by atomic mass is 16.5. The van der Waals surface area contributed by atoms with Crippen molar-refractivity contribution in [3.05, 3.63) is 48.0 Å². The molecule has 3 aromatic rings. The zero-order valence-corrected chi connectivity index (χ0v) is 14.4. The number of aliphatic hydroxyl groups is 1. The molecule has 4 heteroatoms. The molecule has 1 N–H and O–H groups in total. The Labute approximate surface area is 142 Å². The largest absolute Gasteiger partial charge is 0.497 e. The van der Waals surface area contributed by atoms with Crippen LogP contribution in [0.3, 0.4) is 0 Å². The summed E-state index contributed by atoms with van der Waals surface area (Å²) in [5.74, 6) is 1.68. The Morgan fingerprint density at radius 1 is 0.958 bits per heavy atom. The zero-order chi connectivity index (χ0) is 17.1. The summed E-state index contributed by atoms with van der Waals surface area (Å²) in [5.41, 5.74) is 4.68. The summed E-state index contributed by atoms with van der Waals surface area (Å²) in [4.78, 5) is 0. The number of nitrogens with zero attached hydrogens (tertiary/aromatic N) is 1. The highest BCUT2D eigenvalue weighted by molar-refractivity contribution is 5.92. The molecule has 0 unspecified atom stereocenters. The predicted molar refractivity (Wildman–Crippen MR) is 96.9 cm³/mol. The monoisotopic (exact) mass is 325 g/mol. The number of ether oxygens (including phenoxy) is 2. The highest BCUT2D eigenvalue weighted by Crippen LogP contribution is 2.35. The Kier molecular flexibility index (Phi) is 4.76. The number of benzene rings is 2. The van der Waals surface area contributed by atoms with Crippen molar-refractivity contribution < 1.29 is 14.6 Å². The van der Waals surface area contributed by atoms with Crippen LogP contribution in [0.15, 0.2) is 42.5 Å². The summed E-state index contributed by atoms with van der Waals surface area (Å²) in [6, 6.07) is 14.3. The highest BCUT2D eigenvalue weighted by Gasteiger charge is 2.16. The van der Waals surface area contributed by atoms with Crippen LogP contribution in [-0.2, 0) is 6.54 Å². The Balaban J connectivity index is 2.21. The normalized spacial score (nSPS) is 11.0. The Hall–Kier alpha value is -2.46. The van der Waals surface area contributed by atoms with Gasteiger partial charge in [0.1, 0.15) is 11.5 Å². The molecule has 24 heavy (non-hydrogen) atoms. The molecule has 0 amide bonds. The number of rotatable bonds is 6. The maximum atomic E-state index is 9.28. The van der Waals surface area contributed by atoms with Crippen LogP contribution in [0, 0.1) is 6.92 Å². The number of fused-ring (bicyclic) bond motifs is 1. The molecule has 0 aliphatic rings. The fraction of sp³-hybridized carbons (Fsp3) is 0.300. The molecule has 1 aromatic heterocycles. The lowest BCUT2D eigenvalue weighted by molar-refractivity contribution is 0.281. The van der Waals surface area contributed by atoms with Gasteiger partial charge in [-0.15, -0.1) is 0 Å². The Morgan fingerprint density at radius 2 is 1.62 bits per heavy atom. The van der Waals surface area contributed by atoms with Gasteiger partial charge in [0.25, 0.3) is 0 Å². The van der Waals surface area contributed by atoms with Gasteiger partial charge in [-0.3, -0.25) is 0 Å². The molecule has 0 fully saturated rings. The van der Waals surface area contributed by atoms with E-state index in [4.69, 9.17) is 9.47 Å². The molecule has 0 aliphatic carbocycles. The van der Waals surface area contributed by atoms with Crippen molar-refractivity contribution in [2.24, 2.45) is 0 Å². The molecular weight excluding hydrogens is 302 g/mol. The minimum atomic E-state index is 0.171. The first-order chi connectivity index (χ1) is 11.7. The van der Waals surface area contributed by atoms with E-state index in [1.54, 1.807) is 14.2 Å². The average molecular weight is 325 g/mol. The summed E-state index contributed by atoms with van der Waals surface area (Å²) in [5, 5.41) is 10.5. The van der Waals surface area contributed by atoms with Crippen molar-refractivity contribution in [3.8, 4) is 22.8 Å². The van der Waals surface area contributed by atoms with Crippen LogP contribution in [0.1, 0.15) is 12.0 Å². The lowest BCUT2D eigenvalue weighted by Gasteiger charge is -2.12. The molecule has 0 radical (unpaired) electrons. The van der Waals surface area contributed by atoms with Gasteiger partial charge in [-0.2, -0.15) is 0 Å². The van der Waals surface area contributed by atoms with Crippen molar-refractivity contribution in [2.75, 3.05) is 20.8 Å². The van der Waals surface area contributed by atoms with E-state index in [0.717, 1.165) is 29.1 Å². The van der Waals surface area contributed by atoms with E-state index in [0.29, 0.717) is 6.42 Å². The fourth-order valence-corrected chi connectivity index (χ4v) is 3.21. The molecule has 0 aliphatic heterocycles. The van der Waals surface area contributed by atoms with Crippen LogP contribution >= 0.6 is 0 Å². The van der Waals surface area contributed by atoms with Crippen LogP contribution in [0.5, 0.6) is 11.5 Å². The second kappa shape index (κ2) is 6.97. The third-order valence-corrected chi connectivity index (χ3v) is 4.43. The molecule has 3 rings (SSSR count). The lowest BCUT2D eigenvalue weighted by Crippen LogP contribution is -2.02. The van der Waals surface area contributed by atoms with Crippen molar-refractivity contribution in [1.29, 1.82) is 0 Å². The van der Waals surface area contributed by atoms with Crippen LogP contribution in [0.4, 0.5) is 0 Å². The summed E-state index contributed by atoms with van der Waals surface area (Å²) < 4.78 is 12.9. The molecule has 0 saturated heterocycles. The maximum absolute atomic E-state index is 9.28. The number of aliphatic hydroxyl groups excluding tert-OH is 1. The summed E-state index contributed by atoms with van der Waals surface area (Å²) in [7, 11) is 3.35. The molecule has 4 nitrogen and oxygen atoms in total. The van der Waals surface area contributed by atoms with Gasteiger partial charge < -0.3 is 19.1 Å². The van der Waals surface area contributed by atoms with Crippen molar-refractivity contribution in [1.82, 2.24) is 4.57 Å². The van der Waals surface area contributed by atoms with E-state index in [-0.39, 0.29) is 6.61 Å². The van der Waals surface area contributed by atoms with Gasteiger partial charge in [-0.05, 0) is 60.9 Å². The van der Waals surface area contributed by atoms with E-state index >= 15 is 0 Å². The van der Waals surface area contributed by atoms with Crippen molar-refractivity contribution >= 4 is 10.9 Å². The first kappa shape index (κ1) is 16.4. The first-order valence-corrected chi connectivity index (χ1v) is 8.11. The third-order valence-electron chi connectivity index (χ3n) is 4.43. The molecule has 0 atom stereocenters. The number of aryl methyl sites for hydroxylation is 2. The van der Waals surface area contributed by atoms with Gasteiger partial charge in [0.05, 0.1) is 25.4 Å². The minimum absolute atomic E-state index is 0.171. The maximum Gasteiger partial charge on any atom is 0.120 e. The standard InChI is InChI=1S/C20H23NO3/c1-14-18-10-9-17(24-3)13-19(18)21(11-4-12-22)20(14)15-5-7-16(23-2)8-6-15/h5-10,13,22H,4,11-12H2,1-3H3. The number of aromatic nitrogens is 1. The number of hydrogen-bond acceptors (Lipinski definition) is 3. The van der Waals surface area contributed by atoms with E-state index < -0.39 is 0 Å². The smallest absolute Gasteiger partial charge is 0.120 e. The molecule has 126 valence electrons. The van der Waals surface area contributed by atoms with E-state index in [1.807, 2.05) is 18.2 Å². The van der Waals surface area contributed by atoms with Gasteiger partial charge in [0.15, 0.2) is 0 Å². The van der Waals surface area contributed by atoms with E-state index in [2.05, 4.69) is 35.8 Å². The SMILES string of the molecule is COc1ccc(-c2c(C)c3ccc(OC)cc3n2CCCO)cc1. The zero-order valence-electron chi connectivity index (χ0n) is 14.4. The van der Waals surface area contributed by atoms with Crippen LogP contribution in [-0.4, -0.2) is 30.5 Å². The predicted octanol–water partition coefficient (Wildman–Crippen LogP) is 4.02. The van der Waals surface area contributed by atoms with Crippen molar-refractivity contribution in [2.45, 2.75) is 19.9 Å². The van der Waals surface area contributed by atoms with Crippen LogP contribution in [0.2, 0.25) is 0 Å². The quantitative estimate of drug-likeness (QED) is 0.744. The van der Waals surface area contributed by atoms with Gasteiger partial charge in [-0.1, -0.05) is 0 Å². The van der Waals surface area contributed by atoms with E-state index in [1.165, 1.54) is 16.6 Å². The summed E-state index contributed by atoms with van der Waals surface area (Å²) >= 11 is 0. The van der Waals surface area contributed by atoms with E-state index in [9.17, 15) is 5.11 Å². The topological polar surface area (TPSA) is 43.6 Å². The molecule has 1 heterocycles. The van der Waals surface area contributed by atoms with Gasteiger partial charge >= 0.3 is 0 Å². The van der Waals surface area contributed by atoms with Crippen LogP contribution < -0.4 is 9.47 Å². The molecule has 0 spiro atoms. The van der Waals surface area contributed by atoms with Gasteiger partial charge in [0, 0.05) is 24.6 Å². The van der Waals surface area contributed by atoms with Crippen LogP contribution in [0.25, 0.3) is 22.2 Å².